The molecule has 2 fully saturated rings. The first-order chi connectivity index (χ1) is 10.8. The van der Waals surface area contributed by atoms with Crippen LogP contribution in [-0.4, -0.2) is 52.3 Å². The molecule has 3 atom stereocenters. The summed E-state index contributed by atoms with van der Waals surface area (Å²) >= 11 is 0. The molecule has 0 aliphatic carbocycles. The van der Waals surface area contributed by atoms with Crippen LogP contribution in [0.3, 0.4) is 0 Å². The Morgan fingerprint density at radius 3 is 2.65 bits per heavy atom. The molecule has 0 aromatic heterocycles. The molecule has 0 aromatic carbocycles. The molecule has 0 saturated carbocycles. The fraction of sp³-hybridized carbons (Fsp3) is 0.812. The van der Waals surface area contributed by atoms with E-state index in [1.165, 1.54) is 4.90 Å². The molecule has 0 spiro atoms. The second kappa shape index (κ2) is 6.86. The molecule has 7 nitrogen and oxygen atoms in total. The van der Waals surface area contributed by atoms with E-state index in [0.717, 1.165) is 12.8 Å². The summed E-state index contributed by atoms with van der Waals surface area (Å²) in [4.78, 5) is 37.7. The Hall–Kier alpha value is -1.63. The minimum atomic E-state index is -1.05. The molecule has 7 heteroatoms. The lowest BCUT2D eigenvalue weighted by Gasteiger charge is -2.28. The van der Waals surface area contributed by atoms with Crippen LogP contribution in [0.15, 0.2) is 0 Å². The van der Waals surface area contributed by atoms with Gasteiger partial charge in [-0.05, 0) is 19.3 Å². The van der Waals surface area contributed by atoms with Gasteiger partial charge in [-0.1, -0.05) is 19.8 Å². The van der Waals surface area contributed by atoms with E-state index in [1.807, 2.05) is 6.92 Å². The Balaban J connectivity index is 2.19. The second-order valence-corrected chi connectivity index (χ2v) is 6.64. The lowest BCUT2D eigenvalue weighted by molar-refractivity contribution is -0.164. The van der Waals surface area contributed by atoms with Crippen LogP contribution in [0.4, 0.5) is 0 Å². The molecule has 0 unspecified atom stereocenters. The SMILES string of the molecule is CCCC[C@@H](C(=O)N1CCC[C@H]1C(=O)O)[C@@H]1OC(C)(C)OC1=O. The highest BCUT2D eigenvalue weighted by Gasteiger charge is 2.49. The van der Waals surface area contributed by atoms with Crippen molar-refractivity contribution < 1.29 is 29.0 Å². The lowest BCUT2D eigenvalue weighted by atomic mass is 9.94. The van der Waals surface area contributed by atoms with Crippen LogP contribution in [0.1, 0.15) is 52.9 Å². The Morgan fingerprint density at radius 2 is 2.13 bits per heavy atom. The third kappa shape index (κ3) is 3.83. The lowest BCUT2D eigenvalue weighted by Crippen LogP contribution is -2.47. The smallest absolute Gasteiger partial charge is 0.338 e. The van der Waals surface area contributed by atoms with Crippen LogP contribution in [0.25, 0.3) is 0 Å². The van der Waals surface area contributed by atoms with Crippen molar-refractivity contribution in [3.8, 4) is 0 Å². The summed E-state index contributed by atoms with van der Waals surface area (Å²) in [5.41, 5.74) is 0. The van der Waals surface area contributed by atoms with Crippen molar-refractivity contribution >= 4 is 17.8 Å². The third-order valence-electron chi connectivity index (χ3n) is 4.36. The van der Waals surface area contributed by atoms with Gasteiger partial charge in [-0.15, -0.1) is 0 Å². The number of hydrogen-bond donors (Lipinski definition) is 1. The monoisotopic (exact) mass is 327 g/mol. The summed E-state index contributed by atoms with van der Waals surface area (Å²) in [5, 5.41) is 9.27. The molecule has 2 heterocycles. The van der Waals surface area contributed by atoms with E-state index in [9.17, 15) is 19.5 Å². The molecule has 0 aromatic rings. The van der Waals surface area contributed by atoms with Gasteiger partial charge in [0.25, 0.3) is 0 Å². The molecule has 2 aliphatic rings. The summed E-state index contributed by atoms with van der Waals surface area (Å²) in [5.74, 6) is -3.60. The van der Waals surface area contributed by atoms with Crippen LogP contribution in [0, 0.1) is 5.92 Å². The molecule has 1 N–H and O–H groups in total. The second-order valence-electron chi connectivity index (χ2n) is 6.64. The summed E-state index contributed by atoms with van der Waals surface area (Å²) in [6, 6.07) is -0.808. The number of hydrogen-bond acceptors (Lipinski definition) is 5. The number of unbranched alkanes of at least 4 members (excludes halogenated alkanes) is 1. The number of carbonyl (C=O) groups is 3. The zero-order chi connectivity index (χ0) is 17.2. The summed E-state index contributed by atoms with van der Waals surface area (Å²) < 4.78 is 10.8. The van der Waals surface area contributed by atoms with E-state index in [-0.39, 0.29) is 5.91 Å². The van der Waals surface area contributed by atoms with Crippen LogP contribution < -0.4 is 0 Å². The number of carbonyl (C=O) groups excluding carboxylic acids is 2. The first-order valence-corrected chi connectivity index (χ1v) is 8.21. The average molecular weight is 327 g/mol. The number of carboxylic acid groups (broad SMARTS) is 1. The Morgan fingerprint density at radius 1 is 1.43 bits per heavy atom. The predicted molar refractivity (Wildman–Crippen MR) is 80.4 cm³/mol. The molecule has 0 radical (unpaired) electrons. The molecule has 0 bridgehead atoms. The molecular weight excluding hydrogens is 302 g/mol. The summed E-state index contributed by atoms with van der Waals surface area (Å²) in [6.45, 7) is 5.66. The van der Waals surface area contributed by atoms with E-state index in [0.29, 0.717) is 25.8 Å². The minimum absolute atomic E-state index is 0.317. The number of ether oxygens (including phenoxy) is 2. The maximum atomic E-state index is 12.9. The van der Waals surface area contributed by atoms with Gasteiger partial charge < -0.3 is 19.5 Å². The van der Waals surface area contributed by atoms with Crippen LogP contribution in [-0.2, 0) is 23.9 Å². The highest BCUT2D eigenvalue weighted by molar-refractivity contribution is 5.90. The third-order valence-corrected chi connectivity index (χ3v) is 4.36. The van der Waals surface area contributed by atoms with Gasteiger partial charge in [-0.25, -0.2) is 9.59 Å². The highest BCUT2D eigenvalue weighted by atomic mass is 16.8. The molecule has 2 saturated heterocycles. The quantitative estimate of drug-likeness (QED) is 0.744. The number of cyclic esters (lactones) is 1. The van der Waals surface area contributed by atoms with Crippen LogP contribution in [0.2, 0.25) is 0 Å². The first kappa shape index (κ1) is 17.7. The molecule has 1 amide bonds. The van der Waals surface area contributed by atoms with E-state index < -0.39 is 35.8 Å². The van der Waals surface area contributed by atoms with Crippen molar-refractivity contribution in [3.05, 3.63) is 0 Å². The van der Waals surface area contributed by atoms with Gasteiger partial charge in [0, 0.05) is 20.4 Å². The number of rotatable bonds is 6. The normalized spacial score (nSPS) is 27.8. The van der Waals surface area contributed by atoms with E-state index in [1.54, 1.807) is 13.8 Å². The van der Waals surface area contributed by atoms with Gasteiger partial charge >= 0.3 is 11.9 Å². The van der Waals surface area contributed by atoms with Crippen molar-refractivity contribution in [2.75, 3.05) is 6.54 Å². The minimum Gasteiger partial charge on any atom is -0.480 e. The topological polar surface area (TPSA) is 93.1 Å². The van der Waals surface area contributed by atoms with Gasteiger partial charge in [0.2, 0.25) is 11.7 Å². The molecule has 23 heavy (non-hydrogen) atoms. The Kier molecular flexibility index (Phi) is 5.29. The summed E-state index contributed by atoms with van der Waals surface area (Å²) in [6.07, 6.45) is 2.26. The molecule has 130 valence electrons. The molecular formula is C16H25NO6. The largest absolute Gasteiger partial charge is 0.480 e. The van der Waals surface area contributed by atoms with Crippen molar-refractivity contribution in [3.63, 3.8) is 0 Å². The average Bonchev–Trinajstić information content (AvgIpc) is 3.03. The first-order valence-electron chi connectivity index (χ1n) is 8.21. The fourth-order valence-electron chi connectivity index (χ4n) is 3.25. The van der Waals surface area contributed by atoms with Gasteiger partial charge in [0.05, 0.1) is 5.92 Å². The van der Waals surface area contributed by atoms with Crippen molar-refractivity contribution in [2.45, 2.75) is 70.8 Å². The molecule has 2 rings (SSSR count). The maximum absolute atomic E-state index is 12.9. The van der Waals surface area contributed by atoms with E-state index >= 15 is 0 Å². The standard InChI is InChI=1S/C16H25NO6/c1-4-5-7-10(12-15(21)23-16(2,3)22-12)13(18)17-9-6-8-11(17)14(19)20/h10-12H,4-9H2,1-3H3,(H,19,20)/t10-,11+,12+/m1/s1. The van der Waals surface area contributed by atoms with E-state index in [4.69, 9.17) is 9.47 Å². The number of carboxylic acids is 1. The van der Waals surface area contributed by atoms with Gasteiger partial charge in [-0.2, -0.15) is 0 Å². The van der Waals surface area contributed by atoms with Gasteiger partial charge in [0.15, 0.2) is 6.10 Å². The van der Waals surface area contributed by atoms with E-state index in [2.05, 4.69) is 0 Å². The summed E-state index contributed by atoms with van der Waals surface area (Å²) in [7, 11) is 0. The van der Waals surface area contributed by atoms with Gasteiger partial charge in [-0.3, -0.25) is 4.79 Å². The zero-order valence-electron chi connectivity index (χ0n) is 13.9. The van der Waals surface area contributed by atoms with Gasteiger partial charge in [0.1, 0.15) is 6.04 Å². The molecule has 2 aliphatic heterocycles. The van der Waals surface area contributed by atoms with Crippen molar-refractivity contribution in [1.29, 1.82) is 0 Å². The predicted octanol–water partition coefficient (Wildman–Crippen LogP) is 1.55. The number of nitrogens with zero attached hydrogens (tertiary/aromatic N) is 1. The zero-order valence-corrected chi connectivity index (χ0v) is 13.9. The maximum Gasteiger partial charge on any atom is 0.338 e. The van der Waals surface area contributed by atoms with Crippen LogP contribution in [0.5, 0.6) is 0 Å². The Bertz CT molecular complexity index is 489. The van der Waals surface area contributed by atoms with Crippen molar-refractivity contribution in [2.24, 2.45) is 5.92 Å². The number of amides is 1. The highest BCUT2D eigenvalue weighted by Crippen LogP contribution is 2.33. The van der Waals surface area contributed by atoms with Crippen molar-refractivity contribution in [1.82, 2.24) is 4.90 Å². The number of likely N-dealkylation sites (tertiary alicyclic amines) is 1. The fourth-order valence-corrected chi connectivity index (χ4v) is 3.25. The van der Waals surface area contributed by atoms with Crippen LogP contribution >= 0.6 is 0 Å². The Labute approximate surface area is 135 Å². The number of esters is 1. The number of aliphatic carboxylic acids is 1.